The lowest BCUT2D eigenvalue weighted by atomic mass is 9.70. The highest BCUT2D eigenvalue weighted by Crippen LogP contribution is 2.62. The predicted octanol–water partition coefficient (Wildman–Crippen LogP) is 8.19. The normalized spacial score (nSPS) is 14.8. The zero-order valence-corrected chi connectivity index (χ0v) is 18.5. The molecule has 0 unspecified atom stereocenters. The molecule has 136 valence electrons. The van der Waals surface area contributed by atoms with Crippen molar-refractivity contribution in [1.82, 2.24) is 0 Å². The van der Waals surface area contributed by atoms with Gasteiger partial charge < -0.3 is 0 Å². The van der Waals surface area contributed by atoms with Crippen molar-refractivity contribution in [2.24, 2.45) is 0 Å². The number of halogens is 2. The lowest BCUT2D eigenvalue weighted by Gasteiger charge is -2.31. The van der Waals surface area contributed by atoms with Crippen LogP contribution in [0, 0.1) is 0 Å². The van der Waals surface area contributed by atoms with E-state index in [2.05, 4.69) is 117 Å². The van der Waals surface area contributed by atoms with E-state index in [1.54, 1.807) is 0 Å². The molecular weight excluding hydrogens is 484 g/mol. The third kappa shape index (κ3) is 1.81. The average Bonchev–Trinajstić information content (AvgIpc) is 3.19. The maximum Gasteiger partial charge on any atom is 0.0726 e. The second-order valence-electron chi connectivity index (χ2n) is 8.00. The number of hydrogen-bond acceptors (Lipinski definition) is 0. The molecule has 2 aliphatic rings. The van der Waals surface area contributed by atoms with Gasteiger partial charge >= 0.3 is 0 Å². The van der Waals surface area contributed by atoms with E-state index < -0.39 is 0 Å². The summed E-state index contributed by atoms with van der Waals surface area (Å²) in [6, 6.07) is 31.6. The molecule has 0 N–H and O–H groups in total. The van der Waals surface area contributed by atoms with E-state index in [1.807, 2.05) is 0 Å². The molecule has 5 aromatic rings. The fourth-order valence-electron chi connectivity index (χ4n) is 5.77. The molecule has 0 heterocycles. The Morgan fingerprint density at radius 1 is 0.483 bits per heavy atom. The van der Waals surface area contributed by atoms with Crippen molar-refractivity contribution in [3.05, 3.63) is 116 Å². The van der Waals surface area contributed by atoms with Crippen LogP contribution < -0.4 is 0 Å². The van der Waals surface area contributed by atoms with Crippen molar-refractivity contribution in [2.45, 2.75) is 5.41 Å². The summed E-state index contributed by atoms with van der Waals surface area (Å²) in [4.78, 5) is 0. The predicted molar refractivity (Wildman–Crippen MR) is 128 cm³/mol. The number of rotatable bonds is 0. The first-order chi connectivity index (χ1) is 14.2. The summed E-state index contributed by atoms with van der Waals surface area (Å²) in [5, 5.41) is 5.44. The van der Waals surface area contributed by atoms with Gasteiger partial charge in [0.1, 0.15) is 0 Å². The molecule has 2 aliphatic carbocycles. The summed E-state index contributed by atoms with van der Waals surface area (Å²) < 4.78 is 2.25. The minimum atomic E-state index is -0.277. The molecule has 0 fully saturated rings. The van der Waals surface area contributed by atoms with E-state index in [-0.39, 0.29) is 5.41 Å². The fraction of sp³-hybridized carbons (Fsp3) is 0.0370. The molecule has 0 aliphatic heterocycles. The minimum Gasteiger partial charge on any atom is -0.0613 e. The summed E-state index contributed by atoms with van der Waals surface area (Å²) in [7, 11) is 0. The van der Waals surface area contributed by atoms with Gasteiger partial charge in [0.2, 0.25) is 0 Å². The Morgan fingerprint density at radius 2 is 0.966 bits per heavy atom. The van der Waals surface area contributed by atoms with Gasteiger partial charge in [-0.15, -0.1) is 0 Å². The van der Waals surface area contributed by atoms with E-state index in [0.717, 1.165) is 8.95 Å². The molecule has 1 spiro atoms. The minimum absolute atomic E-state index is 0.277. The molecule has 2 heteroatoms. The summed E-state index contributed by atoms with van der Waals surface area (Å²) in [5.41, 5.74) is 7.93. The first-order valence-electron chi connectivity index (χ1n) is 9.75. The molecule has 0 amide bonds. The summed E-state index contributed by atoms with van der Waals surface area (Å²) >= 11 is 7.51. The molecule has 0 bridgehead atoms. The lowest BCUT2D eigenvalue weighted by Crippen LogP contribution is -2.26. The van der Waals surface area contributed by atoms with Gasteiger partial charge in [-0.3, -0.25) is 0 Å². The van der Waals surface area contributed by atoms with Crippen LogP contribution in [0.2, 0.25) is 0 Å². The molecule has 0 saturated carbocycles. The Balaban J connectivity index is 1.80. The second-order valence-corrected chi connectivity index (χ2v) is 9.83. The van der Waals surface area contributed by atoms with Crippen LogP contribution in [0.3, 0.4) is 0 Å². The third-order valence-electron chi connectivity index (χ3n) is 6.76. The van der Waals surface area contributed by atoms with Crippen molar-refractivity contribution in [2.75, 3.05) is 0 Å². The Kier molecular flexibility index (Phi) is 3.04. The Hall–Kier alpha value is -2.42. The van der Waals surface area contributed by atoms with Crippen molar-refractivity contribution in [1.29, 1.82) is 0 Å². The van der Waals surface area contributed by atoms with Crippen LogP contribution in [0.25, 0.3) is 32.7 Å². The molecular formula is C27H14Br2. The van der Waals surface area contributed by atoms with E-state index in [9.17, 15) is 0 Å². The Bertz CT molecular complexity index is 1410. The third-order valence-corrected chi connectivity index (χ3v) is 7.74. The molecule has 7 rings (SSSR count). The second kappa shape index (κ2) is 5.38. The molecule has 5 aromatic carbocycles. The number of fused-ring (bicyclic) bond motifs is 7. The van der Waals surface area contributed by atoms with Gasteiger partial charge in [-0.25, -0.2) is 0 Å². The molecule has 29 heavy (non-hydrogen) atoms. The Labute approximate surface area is 185 Å². The summed E-state index contributed by atoms with van der Waals surface area (Å²) in [5.74, 6) is 0. The van der Waals surface area contributed by atoms with Crippen LogP contribution in [0.5, 0.6) is 0 Å². The van der Waals surface area contributed by atoms with Gasteiger partial charge in [-0.2, -0.15) is 0 Å². The van der Waals surface area contributed by atoms with Crippen LogP contribution in [0.15, 0.2) is 93.9 Å². The van der Waals surface area contributed by atoms with E-state index in [1.165, 1.54) is 54.9 Å². The molecule has 0 saturated heterocycles. The topological polar surface area (TPSA) is 0 Å². The standard InChI is InChI=1S/C27H14Br2/c28-17-9-11-19-20-12-10-18(29)14-24(20)27(23(19)13-17)21-5-1-3-15-7-8-16-4-2-6-22(27)26(16)25(15)21/h1-14H. The van der Waals surface area contributed by atoms with Crippen LogP contribution in [-0.4, -0.2) is 0 Å². The zero-order chi connectivity index (χ0) is 19.3. The van der Waals surface area contributed by atoms with Crippen molar-refractivity contribution in [3.8, 4) is 11.1 Å². The van der Waals surface area contributed by atoms with Crippen molar-refractivity contribution in [3.63, 3.8) is 0 Å². The van der Waals surface area contributed by atoms with Crippen molar-refractivity contribution < 1.29 is 0 Å². The van der Waals surface area contributed by atoms with E-state index in [0.29, 0.717) is 0 Å². The highest BCUT2D eigenvalue weighted by atomic mass is 79.9. The van der Waals surface area contributed by atoms with Gasteiger partial charge in [0.25, 0.3) is 0 Å². The van der Waals surface area contributed by atoms with Gasteiger partial charge in [0.15, 0.2) is 0 Å². The van der Waals surface area contributed by atoms with Crippen LogP contribution in [0.4, 0.5) is 0 Å². The van der Waals surface area contributed by atoms with Crippen LogP contribution in [-0.2, 0) is 5.41 Å². The molecule has 0 nitrogen and oxygen atoms in total. The zero-order valence-electron chi connectivity index (χ0n) is 15.3. The van der Waals surface area contributed by atoms with Gasteiger partial charge in [0, 0.05) is 8.95 Å². The SMILES string of the molecule is Brc1ccc2c(c1)C1(c3cc(Br)ccc3-2)c2cccc3ccc4cccc1c4c23. The molecule has 0 aromatic heterocycles. The maximum absolute atomic E-state index is 3.75. The Morgan fingerprint density at radius 3 is 1.45 bits per heavy atom. The summed E-state index contributed by atoms with van der Waals surface area (Å²) in [6.07, 6.45) is 0. The lowest BCUT2D eigenvalue weighted by molar-refractivity contribution is 0.795. The number of hydrogen-bond donors (Lipinski definition) is 0. The quantitative estimate of drug-likeness (QED) is 0.185. The van der Waals surface area contributed by atoms with Gasteiger partial charge in [-0.1, -0.05) is 92.5 Å². The molecule has 0 radical (unpaired) electrons. The first kappa shape index (κ1) is 16.4. The largest absolute Gasteiger partial charge is 0.0726 e. The maximum atomic E-state index is 3.75. The van der Waals surface area contributed by atoms with Gasteiger partial charge in [-0.05, 0) is 79.2 Å². The monoisotopic (exact) mass is 496 g/mol. The highest BCUT2D eigenvalue weighted by molar-refractivity contribution is 9.10. The van der Waals surface area contributed by atoms with E-state index in [4.69, 9.17) is 0 Å². The highest BCUT2D eigenvalue weighted by Gasteiger charge is 2.50. The average molecular weight is 498 g/mol. The van der Waals surface area contributed by atoms with Crippen molar-refractivity contribution >= 4 is 53.4 Å². The van der Waals surface area contributed by atoms with Crippen LogP contribution in [0.1, 0.15) is 22.3 Å². The van der Waals surface area contributed by atoms with Crippen LogP contribution >= 0.6 is 31.9 Å². The van der Waals surface area contributed by atoms with E-state index >= 15 is 0 Å². The molecule has 0 atom stereocenters. The smallest absolute Gasteiger partial charge is 0.0613 e. The number of benzene rings is 5. The fourth-order valence-corrected chi connectivity index (χ4v) is 6.50. The first-order valence-corrected chi connectivity index (χ1v) is 11.3. The van der Waals surface area contributed by atoms with Gasteiger partial charge in [0.05, 0.1) is 5.41 Å². The summed E-state index contributed by atoms with van der Waals surface area (Å²) in [6.45, 7) is 0.